The van der Waals surface area contributed by atoms with Crippen LogP contribution in [0, 0.1) is 29.6 Å². The lowest BCUT2D eigenvalue weighted by Crippen LogP contribution is -2.64. The van der Waals surface area contributed by atoms with Crippen LogP contribution < -0.4 is 0 Å². The Kier molecular flexibility index (Phi) is 29.8. The number of rotatable bonds is 25. The van der Waals surface area contributed by atoms with Gasteiger partial charge < -0.3 is 148 Å². The molecule has 0 radical (unpaired) electrons. The van der Waals surface area contributed by atoms with Crippen LogP contribution in [0.15, 0.2) is 36.5 Å². The quantitative estimate of drug-likeness (QED) is 0.0134. The number of aliphatic carboxylic acids is 1. The van der Waals surface area contributed by atoms with Crippen LogP contribution in [0.3, 0.4) is 0 Å². The number of hydrogen-bond donors (Lipinski definition) is 17. The van der Waals surface area contributed by atoms with E-state index in [2.05, 4.69) is 0 Å². The lowest BCUT2D eigenvalue weighted by molar-refractivity contribution is -0.364. The lowest BCUT2D eigenvalue weighted by Gasteiger charge is -2.50. The number of allylic oxidation sites excluding steroid dienone is 3. The van der Waals surface area contributed by atoms with Gasteiger partial charge in [0.15, 0.2) is 37.4 Å². The number of aliphatic hydroxyl groups excluding tert-OH is 16. The van der Waals surface area contributed by atoms with Gasteiger partial charge in [0.05, 0.1) is 48.6 Å². The Balaban J connectivity index is 0.743. The van der Waals surface area contributed by atoms with Crippen molar-refractivity contribution in [1.29, 1.82) is 0 Å². The summed E-state index contributed by atoms with van der Waals surface area (Å²) in [4.78, 5) is 61.8. The molecule has 5 aliphatic heterocycles. The molecule has 10 rings (SSSR count). The number of carboxylic acid groups (broad SMARTS) is 1. The van der Waals surface area contributed by atoms with Crippen molar-refractivity contribution in [3.05, 3.63) is 36.5 Å². The number of carbonyl (C=O) groups excluding carboxylic acids is 4. The van der Waals surface area contributed by atoms with Crippen molar-refractivity contribution in [3.63, 3.8) is 0 Å². The first-order valence-electron chi connectivity index (χ1n) is 36.3. The maximum Gasteiger partial charge on any atom is 0.330 e. The Morgan fingerprint density at radius 3 is 1.15 bits per heavy atom. The molecule has 5 saturated carbocycles. The molecular formula is C69H105O35+. The molecule has 0 aromatic carbocycles. The smallest absolute Gasteiger partial charge is 0.330 e. The summed E-state index contributed by atoms with van der Waals surface area (Å²) in [6.07, 6.45) is -28.2. The zero-order valence-electron chi connectivity index (χ0n) is 57.4. The van der Waals surface area contributed by atoms with Crippen LogP contribution >= 0.6 is 0 Å². The van der Waals surface area contributed by atoms with Crippen LogP contribution in [0.4, 0.5) is 0 Å². The monoisotopic (exact) mass is 1490 g/mol. The van der Waals surface area contributed by atoms with Gasteiger partial charge in [0.2, 0.25) is 0 Å². The highest BCUT2D eigenvalue weighted by Gasteiger charge is 2.58. The summed E-state index contributed by atoms with van der Waals surface area (Å²) in [6, 6.07) is 0. The first-order chi connectivity index (χ1) is 49.6. The van der Waals surface area contributed by atoms with Gasteiger partial charge in [0, 0.05) is 37.0 Å². The van der Waals surface area contributed by atoms with Crippen molar-refractivity contribution >= 4 is 29.8 Å². The van der Waals surface area contributed by atoms with Gasteiger partial charge in [0.25, 0.3) is 0 Å². The van der Waals surface area contributed by atoms with Crippen LogP contribution in [-0.2, 0) is 80.8 Å². The van der Waals surface area contributed by atoms with E-state index in [1.807, 2.05) is 0 Å². The van der Waals surface area contributed by atoms with Crippen LogP contribution in [-0.4, -0.2) is 332 Å². The van der Waals surface area contributed by atoms with Gasteiger partial charge in [-0.3, -0.25) is 9.59 Å². The van der Waals surface area contributed by atoms with Crippen molar-refractivity contribution in [2.24, 2.45) is 29.6 Å². The van der Waals surface area contributed by atoms with E-state index in [0.29, 0.717) is 64.2 Å². The number of ether oxygens (including phenoxy) is 13. The number of hydrogen-bond acceptors (Lipinski definition) is 33. The normalized spacial score (nSPS) is 45.4. The van der Waals surface area contributed by atoms with Crippen molar-refractivity contribution in [1.82, 2.24) is 0 Å². The van der Waals surface area contributed by atoms with Gasteiger partial charge >= 0.3 is 29.8 Å². The summed E-state index contributed by atoms with van der Waals surface area (Å²) in [5, 5.41) is 184. The summed E-state index contributed by atoms with van der Waals surface area (Å²) in [6.45, 7) is -2.42. The minimum absolute atomic E-state index is 0.00837. The van der Waals surface area contributed by atoms with Gasteiger partial charge in [-0.25, -0.2) is 14.4 Å². The maximum absolute atomic E-state index is 13.2. The molecule has 5 heterocycles. The van der Waals surface area contributed by atoms with Crippen LogP contribution in [0.2, 0.25) is 0 Å². The molecular weight excluding hydrogens is 1390 g/mol. The number of fused-ring (bicyclic) bond motifs is 1. The second-order valence-corrected chi connectivity index (χ2v) is 29.5. The number of carbonyl (C=O) groups is 5. The number of esters is 4. The highest BCUT2D eigenvalue weighted by Crippen LogP contribution is 2.45. The molecule has 5 aliphatic carbocycles. The number of aliphatic hydroxyl groups is 18. The van der Waals surface area contributed by atoms with Gasteiger partial charge in [-0.15, -0.1) is 0 Å². The zero-order valence-corrected chi connectivity index (χ0v) is 57.4. The fraction of sp³-hybridized carbons (Fsp3) is 0.841. The van der Waals surface area contributed by atoms with Crippen LogP contribution in [0.1, 0.15) is 122 Å². The molecule has 29 unspecified atom stereocenters. The Hall–Kier alpha value is -4.43. The van der Waals surface area contributed by atoms with E-state index in [-0.39, 0.29) is 62.4 Å². The molecule has 0 aromatic rings. The van der Waals surface area contributed by atoms with E-state index >= 15 is 0 Å². The topological polar surface area (TPSA) is 553 Å². The number of carboxylic acids is 1. The largest absolute Gasteiger partial charge is 0.481 e. The summed E-state index contributed by atoms with van der Waals surface area (Å²) in [7, 11) is 0. The second-order valence-electron chi connectivity index (χ2n) is 29.5. The molecule has 35 heteroatoms. The van der Waals surface area contributed by atoms with Gasteiger partial charge in [-0.1, -0.05) is 18.2 Å². The molecule has 0 aromatic heterocycles. The summed E-state index contributed by atoms with van der Waals surface area (Å²) in [5.74, 6) is -6.43. The summed E-state index contributed by atoms with van der Waals surface area (Å²) >= 11 is 0. The van der Waals surface area contributed by atoms with Gasteiger partial charge in [-0.2, -0.15) is 0 Å². The van der Waals surface area contributed by atoms with E-state index < -0.39 is 252 Å². The van der Waals surface area contributed by atoms with Gasteiger partial charge in [0.1, 0.15) is 137 Å². The lowest BCUT2D eigenvalue weighted by atomic mass is 9.72. The zero-order chi connectivity index (χ0) is 74.8. The third-order valence-electron chi connectivity index (χ3n) is 22.1. The fourth-order valence-corrected chi connectivity index (χ4v) is 15.8. The van der Waals surface area contributed by atoms with E-state index in [0.717, 1.165) is 12.8 Å². The van der Waals surface area contributed by atoms with E-state index in [9.17, 15) is 106 Å². The Labute approximate surface area is 598 Å². The molecule has 10 fully saturated rings. The predicted molar refractivity (Wildman–Crippen MR) is 344 cm³/mol. The molecule has 35 nitrogen and oxygen atoms in total. The van der Waals surface area contributed by atoms with E-state index in [4.69, 9.17) is 66.7 Å². The first-order valence-corrected chi connectivity index (χ1v) is 36.3. The SMILES string of the molecule is O=C(O)CC(=O)OCC1OC(OC2CC3C(O)CC(OC4OC(COC(=O)C=CC5CCC(O)CC5)C(O)C(O)C4O)CC3[OH+]C2C2CCC(O)C(OC3OC(COC(=O)C=CC4CCC(OC5OC(COC(=O)C=CC6CCC(O)CC6)C(O)C(O)C5O)CC4)C(O)C(O)C3O)C2)C(O)C(O)C1O. The standard InChI is InChI=1S/C69H104O35/c70-34-11-1-30(2-12-34)7-18-49(76)92-26-44-53(80)57(84)61(88)66(101-44)96-36-15-5-32(6-16-36)9-20-51(78)94-28-46-55(82)59(86)63(90)68(103-46)99-42-21-33(10-17-39(42)72)65-43(100-69-64(91)60(87)56(83)47(104-69)29-95-52(79)25-48(74)75)24-38-40(73)22-37(23-41(38)98-65)97-67-62(89)58(85)54(81)45(102-67)27-93-50(77)19-8-31-3-13-35(71)14-4-31/h7-9,18-20,30-47,53-73,80-91H,1-6,10-17,21-29H2,(H,74,75)/p+1. The molecule has 29 atom stereocenters. The average Bonchev–Trinajstić information content (AvgIpc) is 0.764. The summed E-state index contributed by atoms with van der Waals surface area (Å²) in [5.41, 5.74) is 0. The molecule has 590 valence electrons. The highest BCUT2D eigenvalue weighted by atomic mass is 16.7. The fourth-order valence-electron chi connectivity index (χ4n) is 15.8. The molecule has 0 spiro atoms. The Morgan fingerprint density at radius 2 is 0.740 bits per heavy atom. The third kappa shape index (κ3) is 21.5. The molecule has 0 bridgehead atoms. The van der Waals surface area contributed by atoms with Crippen molar-refractivity contribution in [2.75, 3.05) is 26.4 Å². The van der Waals surface area contributed by atoms with Gasteiger partial charge in [-0.05, 0) is 120 Å². The van der Waals surface area contributed by atoms with Crippen molar-refractivity contribution in [3.8, 4) is 0 Å². The molecule has 104 heavy (non-hydrogen) atoms. The summed E-state index contributed by atoms with van der Waals surface area (Å²) < 4.78 is 74.8. The molecule has 0 amide bonds. The minimum Gasteiger partial charge on any atom is -0.481 e. The second kappa shape index (κ2) is 37.8. The Morgan fingerprint density at radius 1 is 0.365 bits per heavy atom. The van der Waals surface area contributed by atoms with Crippen molar-refractivity contribution in [2.45, 2.75) is 306 Å². The highest BCUT2D eigenvalue weighted by molar-refractivity contribution is 5.90. The van der Waals surface area contributed by atoms with Crippen LogP contribution in [0.25, 0.3) is 0 Å². The van der Waals surface area contributed by atoms with E-state index in [1.54, 1.807) is 18.2 Å². The maximum atomic E-state index is 13.2. The Bertz CT molecular complexity index is 2840. The predicted octanol–water partition coefficient (Wildman–Crippen LogP) is -5.03. The molecule has 18 N–H and O–H groups in total. The average molecular weight is 1490 g/mol. The van der Waals surface area contributed by atoms with Crippen LogP contribution in [0.5, 0.6) is 0 Å². The van der Waals surface area contributed by atoms with E-state index in [1.165, 1.54) is 18.2 Å². The molecule has 5 saturated heterocycles. The van der Waals surface area contributed by atoms with Crippen molar-refractivity contribution < 1.29 is 172 Å². The minimum atomic E-state index is -1.97. The molecule has 10 aliphatic rings. The third-order valence-corrected chi connectivity index (χ3v) is 22.1. The first kappa shape index (κ1) is 82.1.